The van der Waals surface area contributed by atoms with Crippen molar-refractivity contribution in [2.24, 2.45) is 5.92 Å². The fraction of sp³-hybridized carbons (Fsp3) is 0.500. The molecule has 0 aromatic heterocycles. The van der Waals surface area contributed by atoms with E-state index in [1.54, 1.807) is 0 Å². The molecule has 0 spiro atoms. The van der Waals surface area contributed by atoms with Gasteiger partial charge >= 0.3 is 0 Å². The number of carbonyl (C=O) groups excluding carboxylic acids is 1. The number of carbonyl (C=O) groups is 1. The second-order valence-electron chi connectivity index (χ2n) is 4.90. The van der Waals surface area contributed by atoms with Crippen molar-refractivity contribution < 1.29 is 4.79 Å². The molecule has 15 heavy (non-hydrogen) atoms. The van der Waals surface area contributed by atoms with Gasteiger partial charge in [-0.2, -0.15) is 0 Å². The summed E-state index contributed by atoms with van der Waals surface area (Å²) in [4.78, 5) is 11.8. The van der Waals surface area contributed by atoms with Gasteiger partial charge in [0.15, 0.2) is 5.78 Å². The zero-order valence-electron chi connectivity index (χ0n) is 9.71. The maximum Gasteiger partial charge on any atom is 0.163 e. The van der Waals surface area contributed by atoms with E-state index in [1.165, 1.54) is 11.1 Å². The lowest BCUT2D eigenvalue weighted by Gasteiger charge is -2.27. The molecule has 1 aromatic carbocycles. The van der Waals surface area contributed by atoms with Crippen LogP contribution in [0.4, 0.5) is 0 Å². The number of hydrogen-bond donors (Lipinski definition) is 0. The Kier molecular flexibility index (Phi) is 2.64. The Hall–Kier alpha value is -1.11. The minimum atomic E-state index is 0.325. The molecule has 0 saturated heterocycles. The number of rotatable bonds is 1. The maximum absolute atomic E-state index is 11.8. The summed E-state index contributed by atoms with van der Waals surface area (Å²) in [7, 11) is 0. The maximum atomic E-state index is 11.8. The van der Waals surface area contributed by atoms with Crippen molar-refractivity contribution in [3.05, 3.63) is 34.9 Å². The fourth-order valence-corrected chi connectivity index (χ4v) is 2.50. The number of fused-ring (bicyclic) bond motifs is 1. The third-order valence-electron chi connectivity index (χ3n) is 3.40. The minimum absolute atomic E-state index is 0.325. The van der Waals surface area contributed by atoms with Crippen molar-refractivity contribution in [2.45, 2.75) is 39.5 Å². The molecule has 0 saturated carbocycles. The highest BCUT2D eigenvalue weighted by atomic mass is 16.1. The van der Waals surface area contributed by atoms with E-state index in [4.69, 9.17) is 0 Å². The molecule has 1 aromatic rings. The molecule has 0 heterocycles. The van der Waals surface area contributed by atoms with Gasteiger partial charge in [0.2, 0.25) is 0 Å². The molecular formula is C14H18O. The van der Waals surface area contributed by atoms with Gasteiger partial charge in [-0.15, -0.1) is 0 Å². The molecule has 80 valence electrons. The molecule has 2 rings (SSSR count). The van der Waals surface area contributed by atoms with E-state index in [2.05, 4.69) is 26.0 Å². The Morgan fingerprint density at radius 2 is 2.07 bits per heavy atom. The van der Waals surface area contributed by atoms with E-state index in [0.29, 0.717) is 17.6 Å². The van der Waals surface area contributed by atoms with Crippen molar-refractivity contribution in [1.29, 1.82) is 0 Å². The van der Waals surface area contributed by atoms with E-state index in [1.807, 2.05) is 13.0 Å². The Labute approximate surface area is 91.5 Å². The normalized spacial score (nSPS) is 20.5. The van der Waals surface area contributed by atoms with Crippen LogP contribution in [0, 0.1) is 12.8 Å². The molecule has 1 unspecified atom stereocenters. The first-order chi connectivity index (χ1) is 7.09. The largest absolute Gasteiger partial charge is 0.294 e. The number of Topliss-reactive ketones (excluding diaryl/α,β-unsaturated/α-hetero) is 1. The van der Waals surface area contributed by atoms with Crippen molar-refractivity contribution in [2.75, 3.05) is 0 Å². The molecule has 1 aliphatic carbocycles. The average Bonchev–Trinajstić information content (AvgIpc) is 2.19. The summed E-state index contributed by atoms with van der Waals surface area (Å²) < 4.78 is 0. The first-order valence-electron chi connectivity index (χ1n) is 5.73. The van der Waals surface area contributed by atoms with Crippen molar-refractivity contribution in [3.63, 3.8) is 0 Å². The molecule has 1 heteroatoms. The lowest BCUT2D eigenvalue weighted by Crippen LogP contribution is -2.19. The summed E-state index contributed by atoms with van der Waals surface area (Å²) in [6.45, 7) is 6.53. The predicted molar refractivity (Wildman–Crippen MR) is 62.3 cm³/mol. The molecule has 0 aliphatic heterocycles. The average molecular weight is 202 g/mol. The molecule has 1 atom stereocenters. The second kappa shape index (κ2) is 3.80. The van der Waals surface area contributed by atoms with Crippen LogP contribution in [0.25, 0.3) is 0 Å². The van der Waals surface area contributed by atoms with Crippen molar-refractivity contribution in [1.82, 2.24) is 0 Å². The summed E-state index contributed by atoms with van der Waals surface area (Å²) in [5.74, 6) is 1.52. The molecule has 1 aliphatic rings. The van der Waals surface area contributed by atoms with Gasteiger partial charge in [-0.3, -0.25) is 4.79 Å². The molecule has 1 nitrogen and oxygen atoms in total. The lowest BCUT2D eigenvalue weighted by molar-refractivity contribution is 0.0963. The molecule has 0 bridgehead atoms. The molecule has 0 amide bonds. The molecule has 0 radical (unpaired) electrons. The first kappa shape index (κ1) is 10.4. The molecular weight excluding hydrogens is 184 g/mol. The summed E-state index contributed by atoms with van der Waals surface area (Å²) in [6.07, 6.45) is 1.74. The Morgan fingerprint density at radius 1 is 1.33 bits per heavy atom. The molecule has 0 N–H and O–H groups in total. The van der Waals surface area contributed by atoms with Crippen LogP contribution < -0.4 is 0 Å². The van der Waals surface area contributed by atoms with Crippen molar-refractivity contribution >= 4 is 5.78 Å². The van der Waals surface area contributed by atoms with Crippen LogP contribution in [0.1, 0.15) is 54.1 Å². The quantitative estimate of drug-likeness (QED) is 0.678. The highest BCUT2D eigenvalue weighted by Gasteiger charge is 2.27. The number of aryl methyl sites for hydroxylation is 1. The summed E-state index contributed by atoms with van der Waals surface area (Å²) in [5.41, 5.74) is 3.43. The lowest BCUT2D eigenvalue weighted by atomic mass is 9.76. The predicted octanol–water partition coefficient (Wildman–Crippen LogP) is 3.71. The van der Waals surface area contributed by atoms with Gasteiger partial charge in [-0.25, -0.2) is 0 Å². The summed E-state index contributed by atoms with van der Waals surface area (Å²) in [5, 5.41) is 0. The van der Waals surface area contributed by atoms with E-state index in [0.717, 1.165) is 18.4 Å². The van der Waals surface area contributed by atoms with E-state index >= 15 is 0 Å². The number of ketones is 1. The standard InChI is InChI=1S/C14H18O/c1-9(2)11-6-7-14(15)13-8-10(3)4-5-12(11)13/h4-5,8-9,11H,6-7H2,1-3H3. The van der Waals surface area contributed by atoms with E-state index in [-0.39, 0.29) is 0 Å². The first-order valence-corrected chi connectivity index (χ1v) is 5.73. The van der Waals surface area contributed by atoms with Crippen LogP contribution in [0.15, 0.2) is 18.2 Å². The Balaban J connectivity index is 2.50. The third kappa shape index (κ3) is 1.83. The van der Waals surface area contributed by atoms with Gasteiger partial charge in [0.1, 0.15) is 0 Å². The fourth-order valence-electron chi connectivity index (χ4n) is 2.50. The van der Waals surface area contributed by atoms with Crippen LogP contribution in [0.3, 0.4) is 0 Å². The van der Waals surface area contributed by atoms with Gasteiger partial charge in [0, 0.05) is 12.0 Å². The van der Waals surface area contributed by atoms with Gasteiger partial charge in [0.25, 0.3) is 0 Å². The van der Waals surface area contributed by atoms with Gasteiger partial charge in [-0.05, 0) is 36.8 Å². The van der Waals surface area contributed by atoms with Gasteiger partial charge < -0.3 is 0 Å². The zero-order valence-corrected chi connectivity index (χ0v) is 9.71. The zero-order chi connectivity index (χ0) is 11.0. The second-order valence-corrected chi connectivity index (χ2v) is 4.90. The third-order valence-corrected chi connectivity index (χ3v) is 3.40. The molecule has 0 fully saturated rings. The smallest absolute Gasteiger partial charge is 0.163 e. The summed E-state index contributed by atoms with van der Waals surface area (Å²) in [6, 6.07) is 6.31. The van der Waals surface area contributed by atoms with Crippen LogP contribution in [-0.4, -0.2) is 5.78 Å². The van der Waals surface area contributed by atoms with Gasteiger partial charge in [0.05, 0.1) is 0 Å². The van der Waals surface area contributed by atoms with Crippen LogP contribution in [-0.2, 0) is 0 Å². The monoisotopic (exact) mass is 202 g/mol. The van der Waals surface area contributed by atoms with Gasteiger partial charge in [-0.1, -0.05) is 31.5 Å². The number of hydrogen-bond acceptors (Lipinski definition) is 1. The van der Waals surface area contributed by atoms with E-state index < -0.39 is 0 Å². The Morgan fingerprint density at radius 3 is 2.73 bits per heavy atom. The summed E-state index contributed by atoms with van der Waals surface area (Å²) >= 11 is 0. The minimum Gasteiger partial charge on any atom is -0.294 e. The SMILES string of the molecule is Cc1ccc2c(c1)C(=O)CCC2C(C)C. The number of benzene rings is 1. The van der Waals surface area contributed by atoms with Crippen LogP contribution in [0.5, 0.6) is 0 Å². The Bertz CT molecular complexity index is 390. The van der Waals surface area contributed by atoms with E-state index in [9.17, 15) is 4.79 Å². The van der Waals surface area contributed by atoms with Crippen LogP contribution in [0.2, 0.25) is 0 Å². The highest BCUT2D eigenvalue weighted by Crippen LogP contribution is 2.36. The van der Waals surface area contributed by atoms with Crippen molar-refractivity contribution in [3.8, 4) is 0 Å². The van der Waals surface area contributed by atoms with Crippen LogP contribution >= 0.6 is 0 Å². The topological polar surface area (TPSA) is 17.1 Å². The highest BCUT2D eigenvalue weighted by molar-refractivity contribution is 5.99.